The van der Waals surface area contributed by atoms with Gasteiger partial charge in [0.1, 0.15) is 11.6 Å². The maximum atomic E-state index is 12.9. The van der Waals surface area contributed by atoms with Crippen molar-refractivity contribution in [3.8, 4) is 11.6 Å². The number of hydrogen-bond acceptors (Lipinski definition) is 4. The molecule has 0 unspecified atom stereocenters. The molecule has 0 bridgehead atoms. The molecule has 0 amide bonds. The Morgan fingerprint density at radius 1 is 1.40 bits per heavy atom. The van der Waals surface area contributed by atoms with Crippen LogP contribution >= 0.6 is 39.3 Å². The number of aromatic nitrogens is 2. The van der Waals surface area contributed by atoms with Gasteiger partial charge in [-0.1, -0.05) is 11.6 Å². The van der Waals surface area contributed by atoms with Crippen molar-refractivity contribution >= 4 is 39.3 Å². The monoisotopic (exact) mass is 308 g/mol. The van der Waals surface area contributed by atoms with Crippen molar-refractivity contribution in [3.63, 3.8) is 0 Å². The third kappa shape index (κ3) is 2.45. The molecule has 0 saturated carbocycles. The highest BCUT2D eigenvalue weighted by Crippen LogP contribution is 2.32. The predicted molar refractivity (Wildman–Crippen MR) is 59.1 cm³/mol. The second-order valence-electron chi connectivity index (χ2n) is 2.54. The largest absolute Gasteiger partial charge is 0.434 e. The van der Waals surface area contributed by atoms with E-state index in [1.165, 1.54) is 12.1 Å². The molecule has 78 valence electrons. The SMILES string of the molecule is Fc1ccc(Br)c(Oc2nsnc2Cl)c1. The fourth-order valence-electron chi connectivity index (χ4n) is 0.890. The molecule has 0 spiro atoms. The first-order valence-electron chi connectivity index (χ1n) is 3.78. The van der Waals surface area contributed by atoms with Gasteiger partial charge in [-0.25, -0.2) is 4.39 Å². The summed E-state index contributed by atoms with van der Waals surface area (Å²) in [5, 5.41) is 0.163. The minimum atomic E-state index is -0.396. The van der Waals surface area contributed by atoms with Crippen molar-refractivity contribution in [1.82, 2.24) is 8.75 Å². The molecule has 2 aromatic rings. The van der Waals surface area contributed by atoms with Gasteiger partial charge in [-0.3, -0.25) is 0 Å². The minimum Gasteiger partial charge on any atom is -0.434 e. The Labute approximate surface area is 102 Å². The van der Waals surface area contributed by atoms with Crippen molar-refractivity contribution in [2.75, 3.05) is 0 Å². The molecule has 3 nitrogen and oxygen atoms in total. The predicted octanol–water partition coefficient (Wildman–Crippen LogP) is 3.89. The number of nitrogens with zero attached hydrogens (tertiary/aromatic N) is 2. The van der Waals surface area contributed by atoms with Gasteiger partial charge in [-0.05, 0) is 28.1 Å². The van der Waals surface area contributed by atoms with Crippen LogP contribution in [0.1, 0.15) is 0 Å². The maximum Gasteiger partial charge on any atom is 0.270 e. The molecule has 0 atom stereocenters. The van der Waals surface area contributed by atoms with E-state index < -0.39 is 5.82 Å². The van der Waals surface area contributed by atoms with E-state index in [-0.39, 0.29) is 11.0 Å². The zero-order chi connectivity index (χ0) is 10.8. The van der Waals surface area contributed by atoms with Crippen LogP contribution in [-0.2, 0) is 0 Å². The van der Waals surface area contributed by atoms with Crippen molar-refractivity contribution in [2.45, 2.75) is 0 Å². The Bertz CT molecular complexity index is 493. The molecule has 15 heavy (non-hydrogen) atoms. The van der Waals surface area contributed by atoms with Crippen LogP contribution in [-0.4, -0.2) is 8.75 Å². The number of hydrogen-bond donors (Lipinski definition) is 0. The summed E-state index contributed by atoms with van der Waals surface area (Å²) in [5.41, 5.74) is 0. The number of rotatable bonds is 2. The summed E-state index contributed by atoms with van der Waals surface area (Å²) < 4.78 is 26.3. The molecule has 2 rings (SSSR count). The highest BCUT2D eigenvalue weighted by atomic mass is 79.9. The second-order valence-corrected chi connectivity index (χ2v) is 4.28. The van der Waals surface area contributed by atoms with Gasteiger partial charge in [0.2, 0.25) is 5.15 Å². The van der Waals surface area contributed by atoms with Gasteiger partial charge in [0.25, 0.3) is 5.88 Å². The Hall–Kier alpha value is -0.720. The molecule has 7 heteroatoms. The maximum absolute atomic E-state index is 12.9. The molecular formula is C8H3BrClFN2OS. The molecule has 0 radical (unpaired) electrons. The summed E-state index contributed by atoms with van der Waals surface area (Å²) in [7, 11) is 0. The second kappa shape index (κ2) is 4.42. The topological polar surface area (TPSA) is 35.0 Å². The van der Waals surface area contributed by atoms with Crippen molar-refractivity contribution < 1.29 is 9.13 Å². The van der Waals surface area contributed by atoms with Gasteiger partial charge in [0.05, 0.1) is 16.2 Å². The Kier molecular flexibility index (Phi) is 3.18. The quantitative estimate of drug-likeness (QED) is 0.844. The standard InChI is InChI=1S/C8H3BrClFN2OS/c9-5-2-1-4(11)3-6(5)14-8-7(10)12-15-13-8/h1-3H. The van der Waals surface area contributed by atoms with Crippen molar-refractivity contribution in [1.29, 1.82) is 0 Å². The molecule has 1 aromatic heterocycles. The number of benzene rings is 1. The molecule has 0 N–H and O–H groups in total. The van der Waals surface area contributed by atoms with Gasteiger partial charge in [-0.2, -0.15) is 4.37 Å². The lowest BCUT2D eigenvalue weighted by atomic mass is 10.3. The van der Waals surface area contributed by atoms with E-state index in [0.717, 1.165) is 11.7 Å². The van der Waals surface area contributed by atoms with E-state index in [4.69, 9.17) is 16.3 Å². The highest BCUT2D eigenvalue weighted by molar-refractivity contribution is 9.10. The molecule has 0 fully saturated rings. The zero-order valence-corrected chi connectivity index (χ0v) is 10.2. The van der Waals surface area contributed by atoms with Gasteiger partial charge in [0.15, 0.2) is 0 Å². The highest BCUT2D eigenvalue weighted by Gasteiger charge is 2.10. The van der Waals surface area contributed by atoms with Gasteiger partial charge in [0, 0.05) is 6.07 Å². The van der Waals surface area contributed by atoms with Gasteiger partial charge in [-0.15, -0.1) is 4.37 Å². The Morgan fingerprint density at radius 2 is 2.20 bits per heavy atom. The summed E-state index contributed by atoms with van der Waals surface area (Å²) in [5.74, 6) is 0.0880. The normalized spacial score (nSPS) is 10.3. The van der Waals surface area contributed by atoms with Crippen LogP contribution in [0.4, 0.5) is 4.39 Å². The van der Waals surface area contributed by atoms with Gasteiger partial charge >= 0.3 is 0 Å². The van der Waals surface area contributed by atoms with E-state index in [1.807, 2.05) is 0 Å². The molecule has 0 aliphatic carbocycles. The van der Waals surface area contributed by atoms with Gasteiger partial charge < -0.3 is 4.74 Å². The summed E-state index contributed by atoms with van der Waals surface area (Å²) in [6.45, 7) is 0. The lowest BCUT2D eigenvalue weighted by Crippen LogP contribution is -1.87. The summed E-state index contributed by atoms with van der Waals surface area (Å²) >= 11 is 9.84. The first-order chi connectivity index (χ1) is 7.16. The minimum absolute atomic E-state index is 0.163. The van der Waals surface area contributed by atoms with Crippen molar-refractivity contribution in [3.05, 3.63) is 33.6 Å². The van der Waals surface area contributed by atoms with Crippen LogP contribution in [0.25, 0.3) is 0 Å². The Balaban J connectivity index is 2.32. The van der Waals surface area contributed by atoms with E-state index in [9.17, 15) is 4.39 Å². The lowest BCUT2D eigenvalue weighted by molar-refractivity contribution is 0.460. The van der Waals surface area contributed by atoms with Crippen LogP contribution in [0.15, 0.2) is 22.7 Å². The summed E-state index contributed by atoms with van der Waals surface area (Å²) in [4.78, 5) is 0. The van der Waals surface area contributed by atoms with Crippen molar-refractivity contribution in [2.24, 2.45) is 0 Å². The molecular weight excluding hydrogens is 307 g/mol. The van der Waals surface area contributed by atoms with E-state index >= 15 is 0 Å². The molecule has 0 saturated heterocycles. The molecule has 0 aliphatic rings. The lowest BCUT2D eigenvalue weighted by Gasteiger charge is -2.04. The molecule has 1 aromatic carbocycles. The fraction of sp³-hybridized carbons (Fsp3) is 0. The van der Waals surface area contributed by atoms with Crippen LogP contribution in [0.2, 0.25) is 5.15 Å². The molecule has 1 heterocycles. The third-order valence-corrected chi connectivity index (χ3v) is 3.03. The number of ether oxygens (including phenoxy) is 1. The Morgan fingerprint density at radius 3 is 2.87 bits per heavy atom. The smallest absolute Gasteiger partial charge is 0.270 e. The third-order valence-electron chi connectivity index (χ3n) is 1.52. The summed E-state index contributed by atoms with van der Waals surface area (Å²) in [6.07, 6.45) is 0. The van der Waals surface area contributed by atoms with Crippen LogP contribution < -0.4 is 4.74 Å². The molecule has 0 aliphatic heterocycles. The average molecular weight is 310 g/mol. The van der Waals surface area contributed by atoms with Crippen LogP contribution in [0.5, 0.6) is 11.6 Å². The fourth-order valence-corrected chi connectivity index (χ4v) is 1.83. The van der Waals surface area contributed by atoms with E-state index in [1.54, 1.807) is 6.07 Å². The average Bonchev–Trinajstić information content (AvgIpc) is 2.58. The zero-order valence-electron chi connectivity index (χ0n) is 7.08. The summed E-state index contributed by atoms with van der Waals surface area (Å²) in [6, 6.07) is 4.09. The van der Waals surface area contributed by atoms with Crippen LogP contribution in [0, 0.1) is 5.82 Å². The van der Waals surface area contributed by atoms with Crippen LogP contribution in [0.3, 0.4) is 0 Å². The first kappa shape index (κ1) is 10.8. The first-order valence-corrected chi connectivity index (χ1v) is 5.68. The number of halogens is 3. The van der Waals surface area contributed by atoms with E-state index in [0.29, 0.717) is 10.2 Å². The van der Waals surface area contributed by atoms with E-state index in [2.05, 4.69) is 24.7 Å².